The lowest BCUT2D eigenvalue weighted by Gasteiger charge is -1.91. The van der Waals surface area contributed by atoms with Crippen LogP contribution in [0.2, 0.25) is 0 Å². The molecule has 0 bridgehead atoms. The third kappa shape index (κ3) is 1.34. The van der Waals surface area contributed by atoms with E-state index >= 15 is 0 Å². The van der Waals surface area contributed by atoms with Crippen molar-refractivity contribution in [2.45, 2.75) is 0 Å². The molecule has 0 aliphatic carbocycles. The molecule has 0 unspecified atom stereocenters. The first-order valence-corrected chi connectivity index (χ1v) is 4.49. The fourth-order valence-corrected chi connectivity index (χ4v) is 1.41. The van der Waals surface area contributed by atoms with Gasteiger partial charge in [-0.05, 0) is 18.2 Å². The smallest absolute Gasteiger partial charge is 0.117 e. The molecule has 15 heavy (non-hydrogen) atoms. The Kier molecular flexibility index (Phi) is 1.68. The zero-order chi connectivity index (χ0) is 10.1. The van der Waals surface area contributed by atoms with Crippen LogP contribution in [-0.2, 0) is 0 Å². The molecule has 0 N–H and O–H groups in total. The molecule has 0 fully saturated rings. The SMILES string of the molecule is c1cc(-c2cc3ccncn3n2)ncn1. The van der Waals surface area contributed by atoms with Crippen LogP contribution in [0.3, 0.4) is 0 Å². The highest BCUT2D eigenvalue weighted by atomic mass is 15.2. The van der Waals surface area contributed by atoms with Gasteiger partial charge in [-0.2, -0.15) is 5.10 Å². The summed E-state index contributed by atoms with van der Waals surface area (Å²) in [6.07, 6.45) is 6.61. The summed E-state index contributed by atoms with van der Waals surface area (Å²) in [7, 11) is 0. The first kappa shape index (κ1) is 8.05. The van der Waals surface area contributed by atoms with Crippen LogP contribution in [0.15, 0.2) is 43.2 Å². The van der Waals surface area contributed by atoms with Crippen molar-refractivity contribution in [2.24, 2.45) is 0 Å². The van der Waals surface area contributed by atoms with Crippen molar-refractivity contribution < 1.29 is 0 Å². The van der Waals surface area contributed by atoms with Crippen molar-refractivity contribution in [1.29, 1.82) is 0 Å². The van der Waals surface area contributed by atoms with Crippen LogP contribution in [-0.4, -0.2) is 24.6 Å². The number of fused-ring (bicyclic) bond motifs is 1. The number of rotatable bonds is 1. The third-order valence-corrected chi connectivity index (χ3v) is 2.12. The molecule has 3 heterocycles. The predicted molar refractivity (Wildman–Crippen MR) is 54.0 cm³/mol. The lowest BCUT2D eigenvalue weighted by molar-refractivity contribution is 0.922. The van der Waals surface area contributed by atoms with E-state index in [2.05, 4.69) is 20.1 Å². The van der Waals surface area contributed by atoms with Crippen LogP contribution < -0.4 is 0 Å². The fraction of sp³-hybridized carbons (Fsp3) is 0. The molecule has 3 aromatic rings. The van der Waals surface area contributed by atoms with Crippen molar-refractivity contribution in [3.8, 4) is 11.4 Å². The maximum atomic E-state index is 4.35. The minimum absolute atomic E-state index is 0.814. The van der Waals surface area contributed by atoms with Gasteiger partial charge in [0, 0.05) is 12.4 Å². The highest BCUT2D eigenvalue weighted by Gasteiger charge is 2.04. The van der Waals surface area contributed by atoms with Gasteiger partial charge in [-0.1, -0.05) is 0 Å². The molecule has 0 saturated heterocycles. The Morgan fingerprint density at radius 1 is 1.00 bits per heavy atom. The number of nitrogens with zero attached hydrogens (tertiary/aromatic N) is 5. The molecular weight excluding hydrogens is 190 g/mol. The summed E-state index contributed by atoms with van der Waals surface area (Å²) in [5.41, 5.74) is 2.64. The third-order valence-electron chi connectivity index (χ3n) is 2.12. The van der Waals surface area contributed by atoms with E-state index in [1.165, 1.54) is 6.33 Å². The summed E-state index contributed by atoms with van der Waals surface area (Å²) >= 11 is 0. The Balaban J connectivity index is 2.21. The van der Waals surface area contributed by atoms with Crippen LogP contribution in [0.1, 0.15) is 0 Å². The van der Waals surface area contributed by atoms with Crippen molar-refractivity contribution in [1.82, 2.24) is 24.6 Å². The second kappa shape index (κ2) is 3.13. The highest BCUT2D eigenvalue weighted by molar-refractivity contribution is 5.62. The Hall–Kier alpha value is -2.30. The van der Waals surface area contributed by atoms with Gasteiger partial charge in [-0.15, -0.1) is 0 Å². The summed E-state index contributed by atoms with van der Waals surface area (Å²) in [4.78, 5) is 12.0. The normalized spacial score (nSPS) is 10.7. The van der Waals surface area contributed by atoms with Gasteiger partial charge >= 0.3 is 0 Å². The molecular formula is C10H7N5. The summed E-state index contributed by atoms with van der Waals surface area (Å²) in [6, 6.07) is 5.69. The van der Waals surface area contributed by atoms with Gasteiger partial charge in [0.25, 0.3) is 0 Å². The maximum absolute atomic E-state index is 4.35. The summed E-state index contributed by atoms with van der Waals surface area (Å²) < 4.78 is 1.72. The lowest BCUT2D eigenvalue weighted by atomic mass is 10.3. The van der Waals surface area contributed by atoms with E-state index in [1.807, 2.05) is 18.2 Å². The zero-order valence-corrected chi connectivity index (χ0v) is 7.78. The highest BCUT2D eigenvalue weighted by Crippen LogP contribution is 2.15. The van der Waals surface area contributed by atoms with Crippen molar-refractivity contribution in [3.63, 3.8) is 0 Å². The first-order chi connectivity index (χ1) is 7.43. The van der Waals surface area contributed by atoms with Crippen molar-refractivity contribution in [3.05, 3.63) is 43.2 Å². The Labute approximate surface area is 85.5 Å². The molecule has 0 aliphatic heterocycles. The Morgan fingerprint density at radius 2 is 1.93 bits per heavy atom. The van der Waals surface area contributed by atoms with Gasteiger partial charge < -0.3 is 0 Å². The number of hydrogen-bond acceptors (Lipinski definition) is 4. The molecule has 3 aromatic heterocycles. The number of aromatic nitrogens is 5. The largest absolute Gasteiger partial charge is 0.245 e. The predicted octanol–water partition coefficient (Wildman–Crippen LogP) is 1.19. The zero-order valence-electron chi connectivity index (χ0n) is 7.78. The lowest BCUT2D eigenvalue weighted by Crippen LogP contribution is -1.88. The molecule has 0 amide bonds. The summed E-state index contributed by atoms with van der Waals surface area (Å²) in [6.45, 7) is 0. The van der Waals surface area contributed by atoms with E-state index in [0.717, 1.165) is 16.9 Å². The van der Waals surface area contributed by atoms with Gasteiger partial charge in [0.1, 0.15) is 18.3 Å². The molecule has 0 aromatic carbocycles. The quantitative estimate of drug-likeness (QED) is 0.588. The van der Waals surface area contributed by atoms with Gasteiger partial charge in [0.15, 0.2) is 0 Å². The van der Waals surface area contributed by atoms with Gasteiger partial charge in [0.05, 0.1) is 11.2 Å². The average Bonchev–Trinajstić information content (AvgIpc) is 2.74. The molecule has 72 valence electrons. The van der Waals surface area contributed by atoms with Crippen LogP contribution in [0.5, 0.6) is 0 Å². The van der Waals surface area contributed by atoms with E-state index < -0.39 is 0 Å². The molecule has 3 rings (SSSR count). The van der Waals surface area contributed by atoms with E-state index in [4.69, 9.17) is 0 Å². The fourth-order valence-electron chi connectivity index (χ4n) is 1.41. The van der Waals surface area contributed by atoms with E-state index in [-0.39, 0.29) is 0 Å². The van der Waals surface area contributed by atoms with E-state index in [1.54, 1.807) is 23.2 Å². The van der Waals surface area contributed by atoms with Crippen LogP contribution in [0.4, 0.5) is 0 Å². The molecule has 5 nitrogen and oxygen atoms in total. The summed E-state index contributed by atoms with van der Waals surface area (Å²) in [5.74, 6) is 0. The second-order valence-electron chi connectivity index (χ2n) is 3.07. The van der Waals surface area contributed by atoms with Crippen LogP contribution in [0, 0.1) is 0 Å². The summed E-state index contributed by atoms with van der Waals surface area (Å²) in [5, 5.41) is 4.35. The molecule has 5 heteroatoms. The van der Waals surface area contributed by atoms with Gasteiger partial charge in [-0.3, -0.25) is 0 Å². The minimum Gasteiger partial charge on any atom is -0.245 e. The topological polar surface area (TPSA) is 56.0 Å². The van der Waals surface area contributed by atoms with Crippen molar-refractivity contribution >= 4 is 5.52 Å². The van der Waals surface area contributed by atoms with Crippen molar-refractivity contribution in [2.75, 3.05) is 0 Å². The Bertz CT molecular complexity index is 554. The maximum Gasteiger partial charge on any atom is 0.117 e. The standard InChI is InChI=1S/C10H7N5/c1-3-12-7-15-8(1)5-10(14-15)9-2-4-11-6-13-9/h1-7H. The molecule has 0 spiro atoms. The van der Waals surface area contributed by atoms with Gasteiger partial charge in [0.2, 0.25) is 0 Å². The number of hydrogen-bond donors (Lipinski definition) is 0. The van der Waals surface area contributed by atoms with E-state index in [0.29, 0.717) is 0 Å². The van der Waals surface area contributed by atoms with Crippen LogP contribution in [0.25, 0.3) is 16.9 Å². The second-order valence-corrected chi connectivity index (χ2v) is 3.07. The monoisotopic (exact) mass is 197 g/mol. The molecule has 0 saturated carbocycles. The Morgan fingerprint density at radius 3 is 2.73 bits per heavy atom. The first-order valence-electron chi connectivity index (χ1n) is 4.49. The average molecular weight is 197 g/mol. The van der Waals surface area contributed by atoms with Crippen LogP contribution >= 0.6 is 0 Å². The van der Waals surface area contributed by atoms with Gasteiger partial charge in [-0.25, -0.2) is 19.5 Å². The molecule has 0 aliphatic rings. The minimum atomic E-state index is 0.814. The molecule has 0 atom stereocenters. The van der Waals surface area contributed by atoms with E-state index in [9.17, 15) is 0 Å². The molecule has 0 radical (unpaired) electrons.